The highest BCUT2D eigenvalue weighted by Crippen LogP contribution is 2.40. The van der Waals surface area contributed by atoms with Gasteiger partial charge in [-0.2, -0.15) is 0 Å². The van der Waals surface area contributed by atoms with Gasteiger partial charge in [-0.25, -0.2) is 0 Å². The van der Waals surface area contributed by atoms with Gasteiger partial charge < -0.3 is 19.6 Å². The second kappa shape index (κ2) is 10.2. The molecular weight excluding hydrogens is 425 g/mol. The first kappa shape index (κ1) is 24.0. The van der Waals surface area contributed by atoms with Crippen LogP contribution in [0.25, 0.3) is 0 Å². The number of methoxy groups -OCH3 is 3. The van der Waals surface area contributed by atoms with Gasteiger partial charge in [0.2, 0.25) is 11.5 Å². The normalized spacial score (nSPS) is 12.8. The average molecular weight is 451 g/mol. The van der Waals surface area contributed by atoms with Crippen molar-refractivity contribution in [1.29, 1.82) is 5.41 Å². The summed E-state index contributed by atoms with van der Waals surface area (Å²) in [5.41, 5.74) is 0.665. The number of carbonyl (C=O) groups excluding carboxylic acids is 1. The van der Waals surface area contributed by atoms with Crippen LogP contribution < -0.4 is 14.2 Å². The van der Waals surface area contributed by atoms with Crippen molar-refractivity contribution in [2.75, 3.05) is 21.3 Å². The molecule has 0 aliphatic heterocycles. The molecule has 2 aromatic rings. The van der Waals surface area contributed by atoms with E-state index in [-0.39, 0.29) is 12.1 Å². The molecule has 0 saturated heterocycles. The summed E-state index contributed by atoms with van der Waals surface area (Å²) in [5.74, 6) is 0.696. The van der Waals surface area contributed by atoms with Gasteiger partial charge >= 0.3 is 0 Å². The van der Waals surface area contributed by atoms with Crippen LogP contribution in [-0.4, -0.2) is 32.8 Å². The number of hydrogen-bond donors (Lipinski definition) is 1. The van der Waals surface area contributed by atoms with Gasteiger partial charge in [-0.05, 0) is 41.7 Å². The fourth-order valence-corrected chi connectivity index (χ4v) is 3.75. The van der Waals surface area contributed by atoms with Crippen molar-refractivity contribution < 1.29 is 19.0 Å². The Balaban J connectivity index is 2.38. The van der Waals surface area contributed by atoms with Gasteiger partial charge in [-0.3, -0.25) is 4.79 Å². The van der Waals surface area contributed by atoms with E-state index in [1.807, 2.05) is 13.0 Å². The van der Waals surface area contributed by atoms with Crippen LogP contribution in [0.2, 0.25) is 10.0 Å². The van der Waals surface area contributed by atoms with E-state index in [9.17, 15) is 4.79 Å². The highest BCUT2D eigenvalue weighted by molar-refractivity contribution is 6.45. The summed E-state index contributed by atoms with van der Waals surface area (Å²) < 4.78 is 15.9. The molecule has 0 fully saturated rings. The standard InChI is InChI=1S/C23H26Cl2NO4/c1-6-9-23(2,15-7-8-16(24)17(25)12-15)13-18(26)21(27)14-10-19(28-3)22(30-5)20(11-14)29-4/h7-8,10-12,26H,1,6,9,13H2,2-5H3. The lowest BCUT2D eigenvalue weighted by Gasteiger charge is -2.30. The van der Waals surface area contributed by atoms with Crippen molar-refractivity contribution in [2.24, 2.45) is 0 Å². The number of hydrogen-bond acceptors (Lipinski definition) is 5. The van der Waals surface area contributed by atoms with Crippen molar-refractivity contribution in [3.05, 3.63) is 58.4 Å². The third-order valence-corrected chi connectivity index (χ3v) is 5.85. The molecule has 30 heavy (non-hydrogen) atoms. The van der Waals surface area contributed by atoms with Gasteiger partial charge in [0.05, 0.1) is 37.1 Å². The fourth-order valence-electron chi connectivity index (χ4n) is 3.45. The molecule has 0 bridgehead atoms. The average Bonchev–Trinajstić information content (AvgIpc) is 2.73. The highest BCUT2D eigenvalue weighted by atomic mass is 35.5. The number of benzene rings is 2. The first-order valence-corrected chi connectivity index (χ1v) is 10.1. The summed E-state index contributed by atoms with van der Waals surface area (Å²) in [6.45, 7) is 5.94. The van der Waals surface area contributed by atoms with E-state index in [0.29, 0.717) is 45.7 Å². The zero-order valence-corrected chi connectivity index (χ0v) is 19.1. The molecule has 1 unspecified atom stereocenters. The van der Waals surface area contributed by atoms with Gasteiger partial charge in [0.25, 0.3) is 0 Å². The Hall–Kier alpha value is -2.24. The van der Waals surface area contributed by atoms with Crippen LogP contribution in [0.5, 0.6) is 17.2 Å². The minimum Gasteiger partial charge on any atom is -0.493 e. The first-order chi connectivity index (χ1) is 14.2. The Bertz CT molecular complexity index is 920. The number of ketones is 1. The monoisotopic (exact) mass is 450 g/mol. The second-order valence-corrected chi connectivity index (χ2v) is 8.01. The van der Waals surface area contributed by atoms with Crippen LogP contribution in [0.4, 0.5) is 0 Å². The smallest absolute Gasteiger partial charge is 0.206 e. The Labute approximate surface area is 187 Å². The third kappa shape index (κ3) is 5.08. The summed E-state index contributed by atoms with van der Waals surface area (Å²) in [7, 11) is 4.45. The Kier molecular flexibility index (Phi) is 8.16. The number of carbonyl (C=O) groups is 1. The van der Waals surface area contributed by atoms with Crippen molar-refractivity contribution in [2.45, 2.75) is 31.6 Å². The zero-order valence-electron chi connectivity index (χ0n) is 17.6. The number of halogens is 2. The lowest BCUT2D eigenvalue weighted by molar-refractivity contribution is 0.106. The number of ether oxygens (including phenoxy) is 3. The van der Waals surface area contributed by atoms with E-state index >= 15 is 0 Å². The summed E-state index contributed by atoms with van der Waals surface area (Å²) in [6.07, 6.45) is 1.54. The zero-order chi connectivity index (χ0) is 22.5. The van der Waals surface area contributed by atoms with E-state index in [1.54, 1.807) is 24.3 Å². The molecule has 161 valence electrons. The molecule has 1 N–H and O–H groups in total. The van der Waals surface area contributed by atoms with E-state index in [0.717, 1.165) is 5.56 Å². The molecule has 0 amide bonds. The molecular formula is C23H26Cl2NO4. The summed E-state index contributed by atoms with van der Waals surface area (Å²) in [4.78, 5) is 13.1. The van der Waals surface area contributed by atoms with Crippen molar-refractivity contribution >= 4 is 34.7 Å². The molecule has 0 aliphatic carbocycles. The first-order valence-electron chi connectivity index (χ1n) is 9.37. The lowest BCUT2D eigenvalue weighted by Crippen LogP contribution is -2.29. The summed E-state index contributed by atoms with van der Waals surface area (Å²) >= 11 is 12.3. The van der Waals surface area contributed by atoms with Crippen LogP contribution in [0, 0.1) is 12.3 Å². The third-order valence-electron chi connectivity index (χ3n) is 5.11. The summed E-state index contributed by atoms with van der Waals surface area (Å²) in [5, 5.41) is 9.42. The minimum atomic E-state index is -0.497. The molecule has 0 saturated carbocycles. The van der Waals surface area contributed by atoms with Crippen molar-refractivity contribution in [3.8, 4) is 17.2 Å². The second-order valence-electron chi connectivity index (χ2n) is 7.19. The van der Waals surface area contributed by atoms with Gasteiger partial charge in [0, 0.05) is 12.0 Å². The maximum Gasteiger partial charge on any atom is 0.206 e. The molecule has 2 aromatic carbocycles. The highest BCUT2D eigenvalue weighted by Gasteiger charge is 2.31. The fraction of sp³-hybridized carbons (Fsp3) is 0.348. The molecule has 0 heterocycles. The van der Waals surface area contributed by atoms with Crippen LogP contribution in [-0.2, 0) is 5.41 Å². The molecule has 0 aromatic heterocycles. The summed E-state index contributed by atoms with van der Waals surface area (Å²) in [6, 6.07) is 8.50. The number of rotatable bonds is 10. The topological polar surface area (TPSA) is 68.6 Å². The Morgan fingerprint density at radius 1 is 1.03 bits per heavy atom. The maximum absolute atomic E-state index is 13.1. The molecule has 1 radical (unpaired) electrons. The molecule has 0 spiro atoms. The van der Waals surface area contributed by atoms with E-state index in [1.165, 1.54) is 21.3 Å². The quantitative estimate of drug-likeness (QED) is 0.346. The SMILES string of the molecule is [CH2]CCC(C)(CC(=N)C(=O)c1cc(OC)c(OC)c(OC)c1)c1ccc(Cl)c(Cl)c1. The lowest BCUT2D eigenvalue weighted by atomic mass is 9.74. The van der Waals surface area contributed by atoms with Crippen LogP contribution in [0.1, 0.15) is 42.1 Å². The Morgan fingerprint density at radius 2 is 1.63 bits per heavy atom. The van der Waals surface area contributed by atoms with Crippen LogP contribution in [0.15, 0.2) is 30.3 Å². The van der Waals surface area contributed by atoms with E-state index < -0.39 is 11.2 Å². The van der Waals surface area contributed by atoms with Gasteiger partial charge in [-0.15, -0.1) is 0 Å². The molecule has 5 nitrogen and oxygen atoms in total. The van der Waals surface area contributed by atoms with Crippen molar-refractivity contribution in [1.82, 2.24) is 0 Å². The number of nitrogens with one attached hydrogen (secondary N) is 1. The molecule has 2 rings (SSSR count). The van der Waals surface area contributed by atoms with Crippen LogP contribution in [0.3, 0.4) is 0 Å². The van der Waals surface area contributed by atoms with Crippen molar-refractivity contribution in [3.63, 3.8) is 0 Å². The van der Waals surface area contributed by atoms with Gasteiger partial charge in [0.15, 0.2) is 11.5 Å². The predicted molar refractivity (Wildman–Crippen MR) is 121 cm³/mol. The molecule has 1 atom stereocenters. The molecule has 0 aliphatic rings. The Morgan fingerprint density at radius 3 is 2.10 bits per heavy atom. The van der Waals surface area contributed by atoms with Gasteiger partial charge in [0.1, 0.15) is 0 Å². The van der Waals surface area contributed by atoms with Gasteiger partial charge in [-0.1, -0.05) is 49.5 Å². The van der Waals surface area contributed by atoms with E-state index in [2.05, 4.69) is 6.92 Å². The number of Topliss-reactive ketones (excluding diaryl/α,β-unsaturated/α-hetero) is 1. The largest absolute Gasteiger partial charge is 0.493 e. The molecule has 7 heteroatoms. The maximum atomic E-state index is 13.1. The predicted octanol–water partition coefficient (Wildman–Crippen LogP) is 6.18. The van der Waals surface area contributed by atoms with Crippen LogP contribution >= 0.6 is 23.2 Å². The van der Waals surface area contributed by atoms with E-state index in [4.69, 9.17) is 42.8 Å². The minimum absolute atomic E-state index is 0.0358.